The molecular weight excluding hydrogens is 532 g/mol. The highest BCUT2D eigenvalue weighted by Gasteiger charge is 2.44. The number of hydrogen-bond acceptors (Lipinski definition) is 6. The Kier molecular flexibility index (Phi) is 8.75. The molecule has 0 atom stereocenters. The maximum Gasteiger partial charge on any atom is 0.254 e. The summed E-state index contributed by atoms with van der Waals surface area (Å²) >= 11 is 7.43. The van der Waals surface area contributed by atoms with Crippen LogP contribution in [-0.4, -0.2) is 60.5 Å². The Balaban J connectivity index is 1.31. The van der Waals surface area contributed by atoms with Gasteiger partial charge in [-0.05, 0) is 92.7 Å². The smallest absolute Gasteiger partial charge is 0.254 e. The van der Waals surface area contributed by atoms with E-state index in [1.807, 2.05) is 47.4 Å². The monoisotopic (exact) mass is 564 g/mol. The van der Waals surface area contributed by atoms with Crippen LogP contribution in [0.1, 0.15) is 47.5 Å². The van der Waals surface area contributed by atoms with E-state index >= 15 is 0 Å². The highest BCUT2D eigenvalue weighted by atomic mass is 35.5. The number of carbonyl (C=O) groups excluding carboxylic acids is 2. The second-order valence-electron chi connectivity index (χ2n) is 10.0. The molecule has 2 fully saturated rings. The first-order valence-electron chi connectivity index (χ1n) is 13.3. The molecule has 0 saturated carbocycles. The number of likely N-dealkylation sites (tertiary alicyclic amines) is 1. The van der Waals surface area contributed by atoms with Crippen molar-refractivity contribution >= 4 is 35.2 Å². The molecule has 0 aliphatic carbocycles. The molecule has 2 amide bonds. The van der Waals surface area contributed by atoms with Crippen LogP contribution in [0.4, 0.5) is 0 Å². The van der Waals surface area contributed by atoms with E-state index in [9.17, 15) is 9.59 Å². The average Bonchev–Trinajstić information content (AvgIpc) is 2.98. The molecular formula is C30H33ClN4O3S. The Bertz CT molecular complexity index is 1310. The molecule has 9 heteroatoms. The number of amides is 2. The molecule has 3 aromatic rings. The summed E-state index contributed by atoms with van der Waals surface area (Å²) in [5, 5.41) is 7.75. The van der Waals surface area contributed by atoms with Gasteiger partial charge in [0.25, 0.3) is 5.91 Å². The summed E-state index contributed by atoms with van der Waals surface area (Å²) in [6.45, 7) is 2.64. The molecule has 0 bridgehead atoms. The van der Waals surface area contributed by atoms with Crippen LogP contribution in [0.15, 0.2) is 76.8 Å². The number of benzene rings is 2. The van der Waals surface area contributed by atoms with Crippen LogP contribution < -0.4 is 15.4 Å². The number of halogens is 1. The van der Waals surface area contributed by atoms with Crippen molar-refractivity contribution in [2.45, 2.75) is 47.1 Å². The summed E-state index contributed by atoms with van der Waals surface area (Å²) in [6.07, 6.45) is 4.48. The fraction of sp³-hybridized carbons (Fsp3) is 0.367. The molecule has 204 valence electrons. The summed E-state index contributed by atoms with van der Waals surface area (Å²) in [5.41, 5.74) is 0.704. The molecule has 5 rings (SSSR count). The van der Waals surface area contributed by atoms with Gasteiger partial charge in [0.1, 0.15) is 16.3 Å². The van der Waals surface area contributed by atoms with E-state index in [0.29, 0.717) is 60.6 Å². The van der Waals surface area contributed by atoms with Crippen molar-refractivity contribution in [1.82, 2.24) is 20.5 Å². The van der Waals surface area contributed by atoms with Gasteiger partial charge in [0.15, 0.2) is 0 Å². The summed E-state index contributed by atoms with van der Waals surface area (Å²) in [5.74, 6) is 0.963. The minimum atomic E-state index is -0.947. The number of nitrogens with zero attached hydrogens (tertiary/aromatic N) is 2. The van der Waals surface area contributed by atoms with Crippen molar-refractivity contribution in [1.29, 1.82) is 0 Å². The van der Waals surface area contributed by atoms with Gasteiger partial charge >= 0.3 is 0 Å². The van der Waals surface area contributed by atoms with Gasteiger partial charge in [0.2, 0.25) is 5.91 Å². The predicted molar refractivity (Wildman–Crippen MR) is 154 cm³/mol. The lowest BCUT2D eigenvalue weighted by molar-refractivity contribution is -0.140. The lowest BCUT2D eigenvalue weighted by atomic mass is 9.84. The van der Waals surface area contributed by atoms with Gasteiger partial charge in [-0.15, -0.1) is 0 Å². The molecule has 2 aromatic carbocycles. The van der Waals surface area contributed by atoms with E-state index in [1.165, 1.54) is 17.3 Å². The van der Waals surface area contributed by atoms with Crippen molar-refractivity contribution in [3.05, 3.63) is 83.0 Å². The van der Waals surface area contributed by atoms with Crippen molar-refractivity contribution < 1.29 is 14.3 Å². The van der Waals surface area contributed by atoms with Gasteiger partial charge in [-0.1, -0.05) is 41.6 Å². The van der Waals surface area contributed by atoms with Gasteiger partial charge in [-0.2, -0.15) is 0 Å². The number of carbonyl (C=O) groups is 2. The fourth-order valence-corrected chi connectivity index (χ4v) is 6.50. The standard InChI is InChI=1S/C30H33ClN4O3S/c1-38-26-7-3-2-5-24(26)21-12-19-35(20-13-21)29(37)30(14-17-32-18-15-30)34-27(36)25-6-4-16-33-28(25)39-23-10-8-22(31)9-11-23/h2-11,16,21,32H,12-15,17-20H2,1H3,(H,34,36). The van der Waals surface area contributed by atoms with Crippen LogP contribution in [-0.2, 0) is 4.79 Å². The number of pyridine rings is 1. The first-order chi connectivity index (χ1) is 19.0. The molecule has 2 aliphatic heterocycles. The van der Waals surface area contributed by atoms with E-state index in [-0.39, 0.29) is 11.8 Å². The Hall–Kier alpha value is -3.07. The SMILES string of the molecule is COc1ccccc1C1CCN(C(=O)C2(NC(=O)c3cccnc3Sc3ccc(Cl)cc3)CCNCC2)CC1. The van der Waals surface area contributed by atoms with Crippen LogP contribution in [0.25, 0.3) is 0 Å². The quantitative estimate of drug-likeness (QED) is 0.413. The van der Waals surface area contributed by atoms with Crippen molar-refractivity contribution in [2.24, 2.45) is 0 Å². The van der Waals surface area contributed by atoms with E-state index in [1.54, 1.807) is 25.4 Å². The van der Waals surface area contributed by atoms with Gasteiger partial charge in [0, 0.05) is 29.2 Å². The second kappa shape index (κ2) is 12.4. The van der Waals surface area contributed by atoms with Crippen LogP contribution in [0, 0.1) is 0 Å². The minimum Gasteiger partial charge on any atom is -0.496 e. The number of nitrogens with one attached hydrogen (secondary N) is 2. The third-order valence-electron chi connectivity index (χ3n) is 7.62. The molecule has 39 heavy (non-hydrogen) atoms. The number of methoxy groups -OCH3 is 1. The summed E-state index contributed by atoms with van der Waals surface area (Å²) in [4.78, 5) is 35.1. The Labute approximate surface area is 238 Å². The minimum absolute atomic E-state index is 0.00613. The molecule has 0 radical (unpaired) electrons. The molecule has 3 heterocycles. The van der Waals surface area contributed by atoms with Crippen LogP contribution >= 0.6 is 23.4 Å². The molecule has 2 aliphatic rings. The first-order valence-corrected chi connectivity index (χ1v) is 14.5. The van der Waals surface area contributed by atoms with Crippen molar-refractivity contribution in [3.8, 4) is 5.75 Å². The molecule has 1 aromatic heterocycles. The number of para-hydroxylation sites is 1. The van der Waals surface area contributed by atoms with Gasteiger partial charge < -0.3 is 20.3 Å². The second-order valence-corrected chi connectivity index (χ2v) is 11.5. The molecule has 0 unspecified atom stereocenters. The van der Waals surface area contributed by atoms with Gasteiger partial charge in [-0.25, -0.2) is 4.98 Å². The predicted octanol–water partition coefficient (Wildman–Crippen LogP) is 5.15. The maximum absolute atomic E-state index is 14.0. The first kappa shape index (κ1) is 27.5. The third-order valence-corrected chi connectivity index (χ3v) is 8.90. The maximum atomic E-state index is 14.0. The van der Waals surface area contributed by atoms with E-state index in [4.69, 9.17) is 16.3 Å². The van der Waals surface area contributed by atoms with Crippen LogP contribution in [0.2, 0.25) is 5.02 Å². The van der Waals surface area contributed by atoms with Gasteiger partial charge in [0.05, 0.1) is 12.7 Å². The van der Waals surface area contributed by atoms with E-state index < -0.39 is 5.54 Å². The molecule has 2 N–H and O–H groups in total. The Morgan fingerprint density at radius 2 is 1.77 bits per heavy atom. The number of aromatic nitrogens is 1. The largest absolute Gasteiger partial charge is 0.496 e. The Morgan fingerprint density at radius 3 is 2.49 bits per heavy atom. The zero-order valence-corrected chi connectivity index (χ0v) is 23.6. The summed E-state index contributed by atoms with van der Waals surface area (Å²) < 4.78 is 5.57. The highest BCUT2D eigenvalue weighted by Crippen LogP contribution is 2.36. The Morgan fingerprint density at radius 1 is 1.05 bits per heavy atom. The molecule has 2 saturated heterocycles. The average molecular weight is 565 g/mol. The highest BCUT2D eigenvalue weighted by molar-refractivity contribution is 7.99. The summed E-state index contributed by atoms with van der Waals surface area (Å²) in [7, 11) is 1.70. The fourth-order valence-electron chi connectivity index (χ4n) is 5.49. The number of ether oxygens (including phenoxy) is 1. The zero-order chi connectivity index (χ0) is 27.2. The van der Waals surface area contributed by atoms with E-state index in [2.05, 4.69) is 21.7 Å². The molecule has 7 nitrogen and oxygen atoms in total. The lowest BCUT2D eigenvalue weighted by Crippen LogP contribution is -2.64. The van der Waals surface area contributed by atoms with Gasteiger partial charge in [-0.3, -0.25) is 9.59 Å². The third kappa shape index (κ3) is 6.24. The zero-order valence-electron chi connectivity index (χ0n) is 22.0. The lowest BCUT2D eigenvalue weighted by Gasteiger charge is -2.43. The number of hydrogen-bond donors (Lipinski definition) is 2. The van der Waals surface area contributed by atoms with E-state index in [0.717, 1.165) is 23.5 Å². The molecule has 0 spiro atoms. The van der Waals surface area contributed by atoms with Crippen LogP contribution in [0.5, 0.6) is 5.75 Å². The topological polar surface area (TPSA) is 83.6 Å². The van der Waals surface area contributed by atoms with Crippen molar-refractivity contribution in [3.63, 3.8) is 0 Å². The number of piperidine rings is 2. The summed E-state index contributed by atoms with van der Waals surface area (Å²) in [6, 6.07) is 19.1. The normalized spacial score (nSPS) is 17.4. The van der Waals surface area contributed by atoms with Crippen LogP contribution in [0.3, 0.4) is 0 Å². The van der Waals surface area contributed by atoms with Crippen molar-refractivity contribution in [2.75, 3.05) is 33.3 Å². The number of rotatable bonds is 7.